The maximum absolute atomic E-state index is 13.4. The fourth-order valence-corrected chi connectivity index (χ4v) is 5.52. The second kappa shape index (κ2) is 13.2. The molecule has 3 amide bonds. The molecule has 212 valence electrons. The number of nitro groups is 1. The van der Waals surface area contributed by atoms with E-state index in [-0.39, 0.29) is 40.7 Å². The van der Waals surface area contributed by atoms with Crippen LogP contribution in [0.15, 0.2) is 36.9 Å². The van der Waals surface area contributed by atoms with Crippen molar-refractivity contribution >= 4 is 52.2 Å². The number of nitro benzene ring substituents is 1. The molecule has 0 aromatic heterocycles. The number of likely N-dealkylation sites (N-methyl/N-ethyl adjacent to an activating group) is 1. The number of ether oxygens (including phenoxy) is 2. The van der Waals surface area contributed by atoms with Gasteiger partial charge in [0.1, 0.15) is 12.1 Å². The van der Waals surface area contributed by atoms with E-state index in [1.54, 1.807) is 18.9 Å². The van der Waals surface area contributed by atoms with Gasteiger partial charge >= 0.3 is 18.0 Å². The van der Waals surface area contributed by atoms with Crippen LogP contribution >= 0.6 is 22.6 Å². The first-order chi connectivity index (χ1) is 18.5. The van der Waals surface area contributed by atoms with Gasteiger partial charge in [0.2, 0.25) is 5.91 Å². The number of rotatable bonds is 12. The number of esters is 2. The number of halogens is 1. The Morgan fingerprint density at radius 3 is 2.51 bits per heavy atom. The second-order valence-electron chi connectivity index (χ2n) is 9.57. The first-order valence-electron chi connectivity index (χ1n) is 12.8. The summed E-state index contributed by atoms with van der Waals surface area (Å²) >= 11 is 2.08. The number of hydrogen-bond donors (Lipinski definition) is 1. The Bertz CT molecular complexity index is 1110. The number of amides is 3. The van der Waals surface area contributed by atoms with Crippen molar-refractivity contribution in [2.24, 2.45) is 0 Å². The number of nitrogens with one attached hydrogen (secondary N) is 1. The number of urea groups is 1. The van der Waals surface area contributed by atoms with E-state index >= 15 is 0 Å². The summed E-state index contributed by atoms with van der Waals surface area (Å²) in [6.45, 7) is 5.97. The molecule has 2 fully saturated rings. The largest absolute Gasteiger partial charge is 0.464 e. The Labute approximate surface area is 240 Å². The van der Waals surface area contributed by atoms with E-state index in [4.69, 9.17) is 9.47 Å². The monoisotopic (exact) mass is 656 g/mol. The molecule has 1 aromatic rings. The minimum Gasteiger partial charge on any atom is -0.464 e. The van der Waals surface area contributed by atoms with Crippen molar-refractivity contribution in [1.82, 2.24) is 15.1 Å². The number of carbonyl (C=O) groups excluding carboxylic acids is 4. The molecule has 1 N–H and O–H groups in total. The van der Waals surface area contributed by atoms with Crippen LogP contribution in [-0.2, 0) is 19.1 Å². The number of benzene rings is 1. The Kier molecular flexibility index (Phi) is 10.3. The van der Waals surface area contributed by atoms with Crippen LogP contribution < -0.4 is 5.32 Å². The van der Waals surface area contributed by atoms with Crippen molar-refractivity contribution in [3.63, 3.8) is 0 Å². The van der Waals surface area contributed by atoms with Crippen LogP contribution in [0, 0.1) is 10.1 Å². The fourth-order valence-electron chi connectivity index (χ4n) is 4.42. The lowest BCUT2D eigenvalue weighted by Gasteiger charge is -2.29. The Morgan fingerprint density at radius 1 is 1.28 bits per heavy atom. The molecule has 3 rings (SSSR count). The topological polar surface area (TPSA) is 148 Å². The normalized spacial score (nSPS) is 23.5. The van der Waals surface area contributed by atoms with Gasteiger partial charge in [0.15, 0.2) is 5.54 Å². The van der Waals surface area contributed by atoms with E-state index in [9.17, 15) is 29.3 Å². The average Bonchev–Trinajstić information content (AvgIpc) is 3.37. The minimum absolute atomic E-state index is 0.0594. The van der Waals surface area contributed by atoms with Crippen LogP contribution in [0.3, 0.4) is 0 Å². The summed E-state index contributed by atoms with van der Waals surface area (Å²) in [6, 6.07) is 3.45. The predicted molar refractivity (Wildman–Crippen MR) is 149 cm³/mol. The van der Waals surface area contributed by atoms with Gasteiger partial charge in [-0.25, -0.2) is 14.4 Å². The van der Waals surface area contributed by atoms with Crippen LogP contribution in [0.25, 0.3) is 0 Å². The summed E-state index contributed by atoms with van der Waals surface area (Å²) in [4.78, 5) is 65.3. The molecular weight excluding hydrogens is 623 g/mol. The number of unbranched alkanes of at least 4 members (excludes halogenated alkanes) is 2. The molecule has 1 aliphatic heterocycles. The number of likely N-dealkylation sites (tertiary alicyclic amines) is 1. The van der Waals surface area contributed by atoms with Gasteiger partial charge in [0.05, 0.1) is 23.6 Å². The molecule has 1 saturated heterocycles. The van der Waals surface area contributed by atoms with Crippen molar-refractivity contribution in [3.8, 4) is 0 Å². The smallest absolute Gasteiger partial charge is 0.338 e. The summed E-state index contributed by atoms with van der Waals surface area (Å²) in [5, 5.41) is 13.7. The fraction of sp³-hybridized carbons (Fsp3) is 0.538. The highest BCUT2D eigenvalue weighted by molar-refractivity contribution is 14.1. The van der Waals surface area contributed by atoms with Gasteiger partial charge < -0.3 is 24.6 Å². The lowest BCUT2D eigenvalue weighted by molar-refractivity contribution is -0.384. The van der Waals surface area contributed by atoms with E-state index in [1.807, 2.05) is 6.08 Å². The van der Waals surface area contributed by atoms with E-state index in [0.29, 0.717) is 13.0 Å². The number of hydrogen-bond acceptors (Lipinski definition) is 8. The molecule has 0 bridgehead atoms. The number of alkyl halides is 1. The van der Waals surface area contributed by atoms with Gasteiger partial charge in [-0.05, 0) is 44.7 Å². The standard InChI is InChI=1S/C26H33IN4O8/c1-4-6-7-8-13-29(3)22(32)20-14-19(39-23(33)17-9-11-18(12-10-17)31(36)37)16-30(20)25(35)28-26(15-21(26)27)24(34)38-5-2/h4,9-12,19-21H,1,5-8,13-16H2,2-3H3,(H,28,35)/t19-,20+,21-,26-/m1/s1. The van der Waals surface area contributed by atoms with Crippen molar-refractivity contribution < 1.29 is 33.6 Å². The van der Waals surface area contributed by atoms with Crippen molar-refractivity contribution in [2.45, 2.75) is 60.6 Å². The molecule has 0 unspecified atom stereocenters. The summed E-state index contributed by atoms with van der Waals surface area (Å²) in [7, 11) is 1.66. The van der Waals surface area contributed by atoms with E-state index in [2.05, 4.69) is 34.5 Å². The van der Waals surface area contributed by atoms with Crippen molar-refractivity contribution in [3.05, 3.63) is 52.6 Å². The zero-order valence-electron chi connectivity index (χ0n) is 22.0. The highest BCUT2D eigenvalue weighted by Gasteiger charge is 2.62. The maximum Gasteiger partial charge on any atom is 0.338 e. The second-order valence-corrected chi connectivity index (χ2v) is 11.1. The molecule has 13 heteroatoms. The van der Waals surface area contributed by atoms with Crippen LogP contribution in [0.1, 0.15) is 49.4 Å². The quantitative estimate of drug-likeness (QED) is 0.0686. The van der Waals surface area contributed by atoms with Gasteiger partial charge in [0, 0.05) is 36.1 Å². The van der Waals surface area contributed by atoms with Crippen LogP contribution in [0.5, 0.6) is 0 Å². The van der Waals surface area contributed by atoms with E-state index in [0.717, 1.165) is 19.3 Å². The first-order valence-corrected chi connectivity index (χ1v) is 14.0. The molecule has 1 aliphatic carbocycles. The van der Waals surface area contributed by atoms with Crippen molar-refractivity contribution in [1.29, 1.82) is 0 Å². The zero-order valence-corrected chi connectivity index (χ0v) is 24.1. The molecule has 0 radical (unpaired) electrons. The molecule has 12 nitrogen and oxygen atoms in total. The number of carbonyl (C=O) groups is 4. The number of allylic oxidation sites excluding steroid dienone is 1. The predicted octanol–water partition coefficient (Wildman–Crippen LogP) is 3.23. The SMILES string of the molecule is C=CCCCCN(C)C(=O)[C@@H]1C[C@@H](OC(=O)c2ccc([N+](=O)[O-])cc2)CN1C(=O)N[C@]1(C(=O)OCC)C[C@H]1I. The Balaban J connectivity index is 1.74. The molecule has 2 aliphatic rings. The Hall–Kier alpha value is -3.23. The highest BCUT2D eigenvalue weighted by atomic mass is 127. The summed E-state index contributed by atoms with van der Waals surface area (Å²) in [6.07, 6.45) is 3.95. The lowest BCUT2D eigenvalue weighted by Crippen LogP contribution is -2.55. The lowest BCUT2D eigenvalue weighted by atomic mass is 10.1. The van der Waals surface area contributed by atoms with E-state index < -0.39 is 40.6 Å². The first kappa shape index (κ1) is 30.3. The third kappa shape index (κ3) is 7.25. The zero-order chi connectivity index (χ0) is 28.7. The molecule has 4 atom stereocenters. The summed E-state index contributed by atoms with van der Waals surface area (Å²) < 4.78 is 10.6. The molecular formula is C26H33IN4O8. The van der Waals surface area contributed by atoms with Gasteiger partial charge in [0.25, 0.3) is 5.69 Å². The summed E-state index contributed by atoms with van der Waals surface area (Å²) in [5.41, 5.74) is -1.22. The minimum atomic E-state index is -1.16. The maximum atomic E-state index is 13.4. The molecule has 1 aromatic carbocycles. The van der Waals surface area contributed by atoms with Crippen LogP contribution in [0.2, 0.25) is 0 Å². The molecule has 0 spiro atoms. The number of non-ortho nitro benzene ring substituents is 1. The van der Waals surface area contributed by atoms with Crippen LogP contribution in [-0.4, -0.2) is 87.0 Å². The van der Waals surface area contributed by atoms with Gasteiger partial charge in [-0.3, -0.25) is 14.9 Å². The van der Waals surface area contributed by atoms with E-state index in [1.165, 1.54) is 29.2 Å². The summed E-state index contributed by atoms with van der Waals surface area (Å²) in [5.74, 6) is -1.55. The number of nitrogens with zero attached hydrogens (tertiary/aromatic N) is 3. The van der Waals surface area contributed by atoms with Crippen LogP contribution in [0.4, 0.5) is 10.5 Å². The van der Waals surface area contributed by atoms with Crippen molar-refractivity contribution in [2.75, 3.05) is 26.7 Å². The van der Waals surface area contributed by atoms with Gasteiger partial charge in [-0.15, -0.1) is 6.58 Å². The molecule has 1 heterocycles. The third-order valence-corrected chi connectivity index (χ3v) is 8.27. The Morgan fingerprint density at radius 2 is 1.95 bits per heavy atom. The molecule has 1 saturated carbocycles. The molecule has 39 heavy (non-hydrogen) atoms. The van der Waals surface area contributed by atoms with Gasteiger partial charge in [-0.1, -0.05) is 28.7 Å². The van der Waals surface area contributed by atoms with Gasteiger partial charge in [-0.2, -0.15) is 0 Å². The average molecular weight is 656 g/mol. The third-order valence-electron chi connectivity index (χ3n) is 6.77. The highest BCUT2D eigenvalue weighted by Crippen LogP contribution is 2.44.